The summed E-state index contributed by atoms with van der Waals surface area (Å²) in [6.45, 7) is 4.40. The molecule has 3 aliphatic rings. The summed E-state index contributed by atoms with van der Waals surface area (Å²) in [4.78, 5) is 16.7. The lowest BCUT2D eigenvalue weighted by Gasteiger charge is -2.38. The lowest BCUT2D eigenvalue weighted by Crippen LogP contribution is -2.52. The van der Waals surface area contributed by atoms with Gasteiger partial charge in [-0.25, -0.2) is 0 Å². The minimum Gasteiger partial charge on any atom is -0.370 e. The van der Waals surface area contributed by atoms with Crippen molar-refractivity contribution in [2.45, 2.75) is 24.9 Å². The summed E-state index contributed by atoms with van der Waals surface area (Å²) in [5, 5.41) is 0. The van der Waals surface area contributed by atoms with Crippen molar-refractivity contribution in [2.75, 3.05) is 39.8 Å². The zero-order chi connectivity index (χ0) is 12.6. The number of rotatable bonds is 1. The highest BCUT2D eigenvalue weighted by Gasteiger charge is 2.44. The molecule has 1 amide bonds. The standard InChI is InChI=1S/C14H22N2O2/c1-15-8-9-18-14(10-15)6-7-16(11-14)13(17)12-4-2-3-5-12/h2-3,12H,4-11H2,1H3. The van der Waals surface area contributed by atoms with Gasteiger partial charge in [0, 0.05) is 25.6 Å². The summed E-state index contributed by atoms with van der Waals surface area (Å²) in [5.41, 5.74) is -0.0886. The van der Waals surface area contributed by atoms with Crippen LogP contribution >= 0.6 is 0 Å². The highest BCUT2D eigenvalue weighted by molar-refractivity contribution is 5.80. The number of likely N-dealkylation sites (tertiary alicyclic amines) is 1. The molecule has 0 saturated carbocycles. The van der Waals surface area contributed by atoms with E-state index in [1.54, 1.807) is 0 Å². The summed E-state index contributed by atoms with van der Waals surface area (Å²) in [7, 11) is 2.13. The molecule has 2 heterocycles. The molecule has 0 bridgehead atoms. The molecule has 2 saturated heterocycles. The van der Waals surface area contributed by atoms with Crippen LogP contribution in [-0.2, 0) is 9.53 Å². The quantitative estimate of drug-likeness (QED) is 0.648. The highest BCUT2D eigenvalue weighted by atomic mass is 16.5. The zero-order valence-corrected chi connectivity index (χ0v) is 11.1. The maximum Gasteiger partial charge on any atom is 0.226 e. The van der Waals surface area contributed by atoms with Crippen LogP contribution in [-0.4, -0.2) is 61.1 Å². The van der Waals surface area contributed by atoms with Gasteiger partial charge in [-0.05, 0) is 26.3 Å². The van der Waals surface area contributed by atoms with Gasteiger partial charge in [-0.15, -0.1) is 0 Å². The molecule has 3 rings (SSSR count). The second-order valence-electron chi connectivity index (χ2n) is 5.92. The average Bonchev–Trinajstić information content (AvgIpc) is 2.98. The van der Waals surface area contributed by atoms with Gasteiger partial charge in [-0.3, -0.25) is 4.79 Å². The van der Waals surface area contributed by atoms with Crippen LogP contribution in [0.2, 0.25) is 0 Å². The number of nitrogens with zero attached hydrogens (tertiary/aromatic N) is 2. The van der Waals surface area contributed by atoms with Gasteiger partial charge in [0.05, 0.1) is 13.2 Å². The number of likely N-dealkylation sites (N-methyl/N-ethyl adjacent to an activating group) is 1. The normalized spacial score (nSPS) is 33.7. The Morgan fingerprint density at radius 2 is 2.06 bits per heavy atom. The van der Waals surface area contributed by atoms with E-state index >= 15 is 0 Å². The van der Waals surface area contributed by atoms with Crippen molar-refractivity contribution in [1.29, 1.82) is 0 Å². The van der Waals surface area contributed by atoms with Gasteiger partial charge in [0.25, 0.3) is 0 Å². The molecule has 4 heteroatoms. The monoisotopic (exact) mass is 250 g/mol. The van der Waals surface area contributed by atoms with Gasteiger partial charge < -0.3 is 14.5 Å². The molecule has 0 N–H and O–H groups in total. The molecule has 0 aromatic rings. The van der Waals surface area contributed by atoms with Crippen LogP contribution < -0.4 is 0 Å². The highest BCUT2D eigenvalue weighted by Crippen LogP contribution is 2.31. The molecular formula is C14H22N2O2. The second-order valence-corrected chi connectivity index (χ2v) is 5.92. The van der Waals surface area contributed by atoms with Gasteiger partial charge >= 0.3 is 0 Å². The lowest BCUT2D eigenvalue weighted by atomic mass is 10.0. The fraction of sp³-hybridized carbons (Fsp3) is 0.786. The Morgan fingerprint density at radius 1 is 1.28 bits per heavy atom. The zero-order valence-electron chi connectivity index (χ0n) is 11.1. The fourth-order valence-corrected chi connectivity index (χ4v) is 3.39. The van der Waals surface area contributed by atoms with Gasteiger partial charge in [-0.1, -0.05) is 12.2 Å². The smallest absolute Gasteiger partial charge is 0.226 e. The van der Waals surface area contributed by atoms with Crippen LogP contribution in [0.25, 0.3) is 0 Å². The van der Waals surface area contributed by atoms with Crippen LogP contribution in [0.1, 0.15) is 19.3 Å². The molecule has 18 heavy (non-hydrogen) atoms. The number of carbonyl (C=O) groups excluding carboxylic acids is 1. The number of morpholine rings is 1. The molecule has 2 aliphatic heterocycles. The summed E-state index contributed by atoms with van der Waals surface area (Å²) in [6.07, 6.45) is 7.08. The van der Waals surface area contributed by atoms with E-state index < -0.39 is 0 Å². The summed E-state index contributed by atoms with van der Waals surface area (Å²) in [5.74, 6) is 0.523. The van der Waals surface area contributed by atoms with E-state index in [0.29, 0.717) is 5.91 Å². The third-order valence-electron chi connectivity index (χ3n) is 4.42. The van der Waals surface area contributed by atoms with E-state index in [2.05, 4.69) is 24.1 Å². The van der Waals surface area contributed by atoms with Crippen LogP contribution in [0.4, 0.5) is 0 Å². The van der Waals surface area contributed by atoms with Crippen molar-refractivity contribution < 1.29 is 9.53 Å². The molecule has 0 aromatic carbocycles. The predicted octanol–water partition coefficient (Wildman–Crippen LogP) is 0.886. The summed E-state index contributed by atoms with van der Waals surface area (Å²) >= 11 is 0. The first kappa shape index (κ1) is 12.2. The number of hydrogen-bond donors (Lipinski definition) is 0. The maximum atomic E-state index is 12.4. The number of amides is 1. The number of hydrogen-bond acceptors (Lipinski definition) is 3. The van der Waals surface area contributed by atoms with Gasteiger partial charge in [-0.2, -0.15) is 0 Å². The third-order valence-corrected chi connectivity index (χ3v) is 4.42. The minimum absolute atomic E-state index is 0.0886. The Bertz CT molecular complexity index is 361. The van der Waals surface area contributed by atoms with Crippen LogP contribution in [0.3, 0.4) is 0 Å². The first-order chi connectivity index (χ1) is 8.69. The molecule has 1 atom stereocenters. The first-order valence-corrected chi connectivity index (χ1v) is 6.95. The van der Waals surface area contributed by atoms with Crippen LogP contribution in [0.15, 0.2) is 12.2 Å². The molecule has 1 spiro atoms. The predicted molar refractivity (Wildman–Crippen MR) is 69.2 cm³/mol. The third kappa shape index (κ3) is 2.19. The molecule has 1 aliphatic carbocycles. The molecule has 0 aromatic heterocycles. The summed E-state index contributed by atoms with van der Waals surface area (Å²) < 4.78 is 5.99. The Labute approximate surface area is 109 Å². The van der Waals surface area contributed by atoms with Crippen molar-refractivity contribution in [3.05, 3.63) is 12.2 Å². The Morgan fingerprint density at radius 3 is 2.78 bits per heavy atom. The van der Waals surface area contributed by atoms with E-state index in [4.69, 9.17) is 4.74 Å². The molecule has 100 valence electrons. The van der Waals surface area contributed by atoms with E-state index in [-0.39, 0.29) is 11.5 Å². The summed E-state index contributed by atoms with van der Waals surface area (Å²) in [6, 6.07) is 0. The first-order valence-electron chi connectivity index (χ1n) is 6.95. The van der Waals surface area contributed by atoms with E-state index in [1.807, 2.05) is 4.90 Å². The van der Waals surface area contributed by atoms with Crippen molar-refractivity contribution in [2.24, 2.45) is 5.92 Å². The molecular weight excluding hydrogens is 228 g/mol. The molecule has 1 unspecified atom stereocenters. The largest absolute Gasteiger partial charge is 0.370 e. The molecule has 0 radical (unpaired) electrons. The molecule has 2 fully saturated rings. The Balaban J connectivity index is 1.62. The molecule has 4 nitrogen and oxygen atoms in total. The number of ether oxygens (including phenoxy) is 1. The topological polar surface area (TPSA) is 32.8 Å². The van der Waals surface area contributed by atoms with Gasteiger partial charge in [0.1, 0.15) is 5.60 Å². The fourth-order valence-electron chi connectivity index (χ4n) is 3.39. The van der Waals surface area contributed by atoms with E-state index in [0.717, 1.165) is 52.0 Å². The minimum atomic E-state index is -0.0886. The Hall–Kier alpha value is -0.870. The Kier molecular flexibility index (Phi) is 3.16. The lowest BCUT2D eigenvalue weighted by molar-refractivity contribution is -0.137. The van der Waals surface area contributed by atoms with Crippen molar-refractivity contribution in [1.82, 2.24) is 9.80 Å². The van der Waals surface area contributed by atoms with Crippen LogP contribution in [0, 0.1) is 5.92 Å². The van der Waals surface area contributed by atoms with Crippen molar-refractivity contribution in [3.63, 3.8) is 0 Å². The SMILES string of the molecule is CN1CCOC2(CCN(C(=O)C3CC=CC3)C2)C1. The van der Waals surface area contributed by atoms with Crippen molar-refractivity contribution >= 4 is 5.91 Å². The second kappa shape index (κ2) is 4.67. The number of allylic oxidation sites excluding steroid dienone is 2. The van der Waals surface area contributed by atoms with Crippen molar-refractivity contribution in [3.8, 4) is 0 Å². The van der Waals surface area contributed by atoms with Gasteiger partial charge in [0.15, 0.2) is 0 Å². The number of carbonyl (C=O) groups is 1. The van der Waals surface area contributed by atoms with E-state index in [1.165, 1.54) is 0 Å². The van der Waals surface area contributed by atoms with Gasteiger partial charge in [0.2, 0.25) is 5.91 Å². The van der Waals surface area contributed by atoms with Crippen LogP contribution in [0.5, 0.6) is 0 Å². The average molecular weight is 250 g/mol. The maximum absolute atomic E-state index is 12.4. The van der Waals surface area contributed by atoms with E-state index in [9.17, 15) is 4.79 Å².